The summed E-state index contributed by atoms with van der Waals surface area (Å²) in [5, 5.41) is 10.1. The summed E-state index contributed by atoms with van der Waals surface area (Å²) < 4.78 is 0. The zero-order valence-electron chi connectivity index (χ0n) is 7.88. The van der Waals surface area contributed by atoms with Gasteiger partial charge < -0.3 is 5.11 Å². The second-order valence-corrected chi connectivity index (χ2v) is 3.45. The maximum Gasteiger partial charge on any atom is 0.163 e. The Balaban J connectivity index is 3.31. The Morgan fingerprint density at radius 1 is 1.64 bits per heavy atom. The minimum atomic E-state index is -0.199. The maximum atomic E-state index is 11.1. The van der Waals surface area contributed by atoms with Gasteiger partial charge in [-0.15, -0.1) is 6.58 Å². The van der Waals surface area contributed by atoms with Crippen LogP contribution in [0.1, 0.15) is 22.8 Å². The summed E-state index contributed by atoms with van der Waals surface area (Å²) in [7, 11) is 0. The topological polar surface area (TPSA) is 37.3 Å². The van der Waals surface area contributed by atoms with Crippen LogP contribution in [0.4, 0.5) is 0 Å². The third kappa shape index (κ3) is 2.15. The zero-order chi connectivity index (χ0) is 10.7. The summed E-state index contributed by atoms with van der Waals surface area (Å²) in [6, 6.07) is 3.09. The molecule has 1 N–H and O–H groups in total. The SMILES string of the molecule is C=CCc1cc(Cl)cc(C(C)=O)c1O. The van der Waals surface area contributed by atoms with Crippen molar-refractivity contribution in [1.82, 2.24) is 0 Å². The largest absolute Gasteiger partial charge is 0.507 e. The molecule has 0 saturated heterocycles. The summed E-state index contributed by atoms with van der Waals surface area (Å²) in [4.78, 5) is 11.1. The number of rotatable bonds is 3. The number of phenols is 1. The highest BCUT2D eigenvalue weighted by Gasteiger charge is 2.11. The normalized spacial score (nSPS) is 9.86. The van der Waals surface area contributed by atoms with Gasteiger partial charge in [-0.2, -0.15) is 0 Å². The van der Waals surface area contributed by atoms with E-state index in [1.165, 1.54) is 13.0 Å². The van der Waals surface area contributed by atoms with Gasteiger partial charge in [0.2, 0.25) is 0 Å². The first kappa shape index (κ1) is 10.8. The molecule has 3 heteroatoms. The van der Waals surface area contributed by atoms with Crippen molar-refractivity contribution >= 4 is 17.4 Å². The van der Waals surface area contributed by atoms with E-state index in [-0.39, 0.29) is 17.1 Å². The monoisotopic (exact) mass is 210 g/mol. The summed E-state index contributed by atoms with van der Waals surface area (Å²) in [5.41, 5.74) is 0.882. The van der Waals surface area contributed by atoms with E-state index in [9.17, 15) is 9.90 Å². The van der Waals surface area contributed by atoms with Crippen LogP contribution in [-0.2, 0) is 6.42 Å². The van der Waals surface area contributed by atoms with E-state index in [1.807, 2.05) is 0 Å². The molecule has 0 aromatic heterocycles. The number of allylic oxidation sites excluding steroid dienone is 1. The Bertz CT molecular complexity index is 383. The number of ketones is 1. The van der Waals surface area contributed by atoms with Gasteiger partial charge >= 0.3 is 0 Å². The fourth-order valence-corrected chi connectivity index (χ4v) is 1.48. The number of carbonyl (C=O) groups excluding carboxylic acids is 1. The van der Waals surface area contributed by atoms with Crippen molar-refractivity contribution in [3.05, 3.63) is 40.9 Å². The van der Waals surface area contributed by atoms with E-state index in [2.05, 4.69) is 6.58 Å². The van der Waals surface area contributed by atoms with Gasteiger partial charge in [-0.3, -0.25) is 4.79 Å². The molecular formula is C11H11ClO2. The van der Waals surface area contributed by atoms with E-state index < -0.39 is 0 Å². The van der Waals surface area contributed by atoms with Crippen LogP contribution in [-0.4, -0.2) is 10.9 Å². The lowest BCUT2D eigenvalue weighted by Crippen LogP contribution is -1.96. The highest BCUT2D eigenvalue weighted by atomic mass is 35.5. The van der Waals surface area contributed by atoms with Crippen LogP contribution >= 0.6 is 11.6 Å². The highest BCUT2D eigenvalue weighted by molar-refractivity contribution is 6.31. The number of hydrogen-bond donors (Lipinski definition) is 1. The van der Waals surface area contributed by atoms with Crippen molar-refractivity contribution in [1.29, 1.82) is 0 Å². The summed E-state index contributed by atoms with van der Waals surface area (Å²) >= 11 is 5.80. The molecule has 0 bridgehead atoms. The van der Waals surface area contributed by atoms with Gasteiger partial charge in [0.25, 0.3) is 0 Å². The molecule has 0 unspecified atom stereocenters. The molecule has 1 rings (SSSR count). The quantitative estimate of drug-likeness (QED) is 0.615. The number of halogens is 1. The number of carbonyl (C=O) groups is 1. The summed E-state index contributed by atoms with van der Waals surface area (Å²) in [6.45, 7) is 4.95. The molecule has 14 heavy (non-hydrogen) atoms. The van der Waals surface area contributed by atoms with Crippen molar-refractivity contribution in [2.45, 2.75) is 13.3 Å². The van der Waals surface area contributed by atoms with Gasteiger partial charge in [0.15, 0.2) is 5.78 Å². The zero-order valence-corrected chi connectivity index (χ0v) is 8.64. The van der Waals surface area contributed by atoms with Crippen molar-refractivity contribution < 1.29 is 9.90 Å². The van der Waals surface area contributed by atoms with E-state index in [0.717, 1.165) is 0 Å². The van der Waals surface area contributed by atoms with Crippen LogP contribution in [0.25, 0.3) is 0 Å². The van der Waals surface area contributed by atoms with Crippen LogP contribution in [0.3, 0.4) is 0 Å². The predicted molar refractivity (Wildman–Crippen MR) is 57.0 cm³/mol. The molecule has 0 spiro atoms. The van der Waals surface area contributed by atoms with Crippen molar-refractivity contribution in [2.75, 3.05) is 0 Å². The smallest absolute Gasteiger partial charge is 0.163 e. The lowest BCUT2D eigenvalue weighted by atomic mass is 10.0. The second-order valence-electron chi connectivity index (χ2n) is 3.01. The molecule has 0 fully saturated rings. The van der Waals surface area contributed by atoms with Crippen LogP contribution in [0.15, 0.2) is 24.8 Å². The van der Waals surface area contributed by atoms with E-state index >= 15 is 0 Å². The average Bonchev–Trinajstić information content (AvgIpc) is 2.10. The van der Waals surface area contributed by atoms with Crippen molar-refractivity contribution in [3.63, 3.8) is 0 Å². The first-order valence-corrected chi connectivity index (χ1v) is 4.57. The number of aromatic hydroxyl groups is 1. The lowest BCUT2D eigenvalue weighted by molar-refractivity contribution is 0.101. The molecule has 0 aliphatic carbocycles. The van der Waals surface area contributed by atoms with E-state index in [0.29, 0.717) is 17.0 Å². The minimum Gasteiger partial charge on any atom is -0.507 e. The van der Waals surface area contributed by atoms with E-state index in [1.54, 1.807) is 12.1 Å². The Hall–Kier alpha value is -1.28. The Kier molecular flexibility index (Phi) is 3.31. The molecule has 1 aromatic carbocycles. The predicted octanol–water partition coefficient (Wildman–Crippen LogP) is 2.98. The fraction of sp³-hybridized carbons (Fsp3) is 0.182. The standard InChI is InChI=1S/C11H11ClO2/c1-3-4-8-5-9(12)6-10(7(2)13)11(8)14/h3,5-6,14H,1,4H2,2H3. The van der Waals surface area contributed by atoms with Crippen molar-refractivity contribution in [2.24, 2.45) is 0 Å². The lowest BCUT2D eigenvalue weighted by Gasteiger charge is -2.06. The molecule has 2 nitrogen and oxygen atoms in total. The molecule has 0 atom stereocenters. The molecular weight excluding hydrogens is 200 g/mol. The van der Waals surface area contributed by atoms with Gasteiger partial charge in [-0.1, -0.05) is 17.7 Å². The van der Waals surface area contributed by atoms with Gasteiger partial charge in [0, 0.05) is 5.02 Å². The van der Waals surface area contributed by atoms with Gasteiger partial charge in [0.05, 0.1) is 5.56 Å². The van der Waals surface area contributed by atoms with Gasteiger partial charge in [0.1, 0.15) is 5.75 Å². The summed E-state index contributed by atoms with van der Waals surface area (Å²) in [6.07, 6.45) is 2.14. The molecule has 74 valence electrons. The van der Waals surface area contributed by atoms with Crippen LogP contribution in [0.2, 0.25) is 5.02 Å². The third-order valence-corrected chi connectivity index (χ3v) is 2.12. The Morgan fingerprint density at radius 2 is 2.29 bits per heavy atom. The molecule has 1 aromatic rings. The Labute approximate surface area is 87.8 Å². The molecule has 0 aliphatic rings. The first-order valence-electron chi connectivity index (χ1n) is 4.19. The third-order valence-electron chi connectivity index (χ3n) is 1.90. The number of phenolic OH excluding ortho intramolecular Hbond substituents is 1. The number of hydrogen-bond acceptors (Lipinski definition) is 2. The molecule has 0 aliphatic heterocycles. The van der Waals surface area contributed by atoms with Crippen molar-refractivity contribution in [3.8, 4) is 5.75 Å². The number of benzene rings is 1. The van der Waals surface area contributed by atoms with Crippen LogP contribution in [0.5, 0.6) is 5.75 Å². The molecule has 0 amide bonds. The Morgan fingerprint density at radius 3 is 2.79 bits per heavy atom. The second kappa shape index (κ2) is 4.29. The van der Waals surface area contributed by atoms with Crippen LogP contribution < -0.4 is 0 Å². The molecule has 0 radical (unpaired) electrons. The van der Waals surface area contributed by atoms with Gasteiger partial charge in [-0.25, -0.2) is 0 Å². The first-order chi connectivity index (χ1) is 6.56. The molecule has 0 saturated carbocycles. The van der Waals surface area contributed by atoms with E-state index in [4.69, 9.17) is 11.6 Å². The molecule has 0 heterocycles. The van der Waals surface area contributed by atoms with Gasteiger partial charge in [-0.05, 0) is 31.0 Å². The fourth-order valence-electron chi connectivity index (χ4n) is 1.24. The maximum absolute atomic E-state index is 11.1. The number of Topliss-reactive ketones (excluding diaryl/α,β-unsaturated/α-hetero) is 1. The average molecular weight is 211 g/mol. The minimum absolute atomic E-state index is 0.00167. The summed E-state index contributed by atoms with van der Waals surface area (Å²) in [5.74, 6) is -0.197. The highest BCUT2D eigenvalue weighted by Crippen LogP contribution is 2.28. The van der Waals surface area contributed by atoms with Crippen LogP contribution in [0, 0.1) is 0 Å².